The fourth-order valence-electron chi connectivity index (χ4n) is 2.15. The van der Waals surface area contributed by atoms with Crippen molar-refractivity contribution in [3.63, 3.8) is 0 Å². The summed E-state index contributed by atoms with van der Waals surface area (Å²) in [5.74, 6) is -0.732. The number of carbonyl (C=O) groups excluding carboxylic acids is 2. The largest absolute Gasteiger partial charge is 0.347 e. The molecular formula is C16H24FN3O2. The van der Waals surface area contributed by atoms with Crippen molar-refractivity contribution in [2.75, 3.05) is 27.7 Å². The average molecular weight is 309 g/mol. The molecule has 2 amide bonds. The third kappa shape index (κ3) is 4.80. The van der Waals surface area contributed by atoms with E-state index in [9.17, 15) is 14.0 Å². The Kier molecular flexibility index (Phi) is 6.49. The van der Waals surface area contributed by atoms with Gasteiger partial charge in [-0.2, -0.15) is 0 Å². The zero-order valence-electron chi connectivity index (χ0n) is 13.8. The molecule has 22 heavy (non-hydrogen) atoms. The minimum absolute atomic E-state index is 0.0839. The van der Waals surface area contributed by atoms with E-state index >= 15 is 0 Å². The summed E-state index contributed by atoms with van der Waals surface area (Å²) in [5, 5.41) is 2.65. The van der Waals surface area contributed by atoms with Crippen LogP contribution in [0.4, 0.5) is 4.39 Å². The molecule has 0 aliphatic heterocycles. The third-order valence-electron chi connectivity index (χ3n) is 3.60. The van der Waals surface area contributed by atoms with Gasteiger partial charge in [-0.3, -0.25) is 14.5 Å². The highest BCUT2D eigenvalue weighted by atomic mass is 19.1. The predicted octanol–water partition coefficient (Wildman–Crippen LogP) is 1.41. The number of nitrogens with one attached hydrogen (secondary N) is 1. The van der Waals surface area contributed by atoms with Crippen molar-refractivity contribution in [2.24, 2.45) is 0 Å². The van der Waals surface area contributed by atoms with Crippen LogP contribution in [0.1, 0.15) is 25.5 Å². The molecule has 0 aliphatic rings. The van der Waals surface area contributed by atoms with E-state index < -0.39 is 6.04 Å². The molecule has 0 fully saturated rings. The van der Waals surface area contributed by atoms with E-state index in [1.54, 1.807) is 51.2 Å². The summed E-state index contributed by atoms with van der Waals surface area (Å²) in [6.45, 7) is 3.56. The molecule has 1 N–H and O–H groups in total. The quantitative estimate of drug-likeness (QED) is 0.864. The van der Waals surface area contributed by atoms with Gasteiger partial charge in [-0.05, 0) is 27.0 Å². The van der Waals surface area contributed by atoms with Crippen LogP contribution in [-0.4, -0.2) is 55.3 Å². The van der Waals surface area contributed by atoms with Gasteiger partial charge in [0.05, 0.1) is 6.54 Å². The van der Waals surface area contributed by atoms with Gasteiger partial charge in [-0.15, -0.1) is 0 Å². The SMILES string of the molecule is CC(NC(=O)CN(C)C(C)c1ccccc1F)C(=O)N(C)C. The fourth-order valence-corrected chi connectivity index (χ4v) is 2.15. The molecule has 0 saturated carbocycles. The van der Waals surface area contributed by atoms with Crippen LogP contribution in [0, 0.1) is 5.82 Å². The lowest BCUT2D eigenvalue weighted by molar-refractivity contribution is -0.134. The lowest BCUT2D eigenvalue weighted by Gasteiger charge is -2.26. The van der Waals surface area contributed by atoms with Crippen molar-refractivity contribution in [3.8, 4) is 0 Å². The highest BCUT2D eigenvalue weighted by molar-refractivity contribution is 5.87. The molecular weight excluding hydrogens is 285 g/mol. The summed E-state index contributed by atoms with van der Waals surface area (Å²) >= 11 is 0. The molecule has 2 atom stereocenters. The van der Waals surface area contributed by atoms with Crippen molar-refractivity contribution in [1.29, 1.82) is 0 Å². The Bertz CT molecular complexity index is 534. The summed E-state index contributed by atoms with van der Waals surface area (Å²) in [4.78, 5) is 26.9. The predicted molar refractivity (Wildman–Crippen MR) is 83.7 cm³/mol. The smallest absolute Gasteiger partial charge is 0.244 e. The van der Waals surface area contributed by atoms with E-state index in [1.807, 2.05) is 6.92 Å². The van der Waals surface area contributed by atoms with Gasteiger partial charge in [0, 0.05) is 25.7 Å². The topological polar surface area (TPSA) is 52.7 Å². The number of likely N-dealkylation sites (N-methyl/N-ethyl adjacent to an activating group) is 2. The maximum atomic E-state index is 13.8. The molecule has 1 aromatic carbocycles. The molecule has 0 saturated heterocycles. The maximum absolute atomic E-state index is 13.8. The summed E-state index contributed by atoms with van der Waals surface area (Å²) in [6, 6.07) is 5.67. The van der Waals surface area contributed by atoms with Crippen LogP contribution < -0.4 is 5.32 Å². The number of halogens is 1. The van der Waals surface area contributed by atoms with E-state index in [2.05, 4.69) is 5.32 Å². The van der Waals surface area contributed by atoms with Gasteiger partial charge < -0.3 is 10.2 Å². The molecule has 0 bridgehead atoms. The summed E-state index contributed by atoms with van der Waals surface area (Å²) in [5.41, 5.74) is 0.537. The number of nitrogens with zero attached hydrogens (tertiary/aromatic N) is 2. The van der Waals surface area contributed by atoms with E-state index in [0.29, 0.717) is 5.56 Å². The lowest BCUT2D eigenvalue weighted by Crippen LogP contribution is -2.47. The van der Waals surface area contributed by atoms with Crippen LogP contribution >= 0.6 is 0 Å². The van der Waals surface area contributed by atoms with E-state index in [4.69, 9.17) is 0 Å². The van der Waals surface area contributed by atoms with Crippen LogP contribution in [0.3, 0.4) is 0 Å². The van der Waals surface area contributed by atoms with E-state index in [-0.39, 0.29) is 30.2 Å². The fraction of sp³-hybridized carbons (Fsp3) is 0.500. The summed E-state index contributed by atoms with van der Waals surface area (Å²) < 4.78 is 13.8. The van der Waals surface area contributed by atoms with Crippen molar-refractivity contribution < 1.29 is 14.0 Å². The molecule has 1 aromatic rings. The number of rotatable bonds is 6. The molecule has 122 valence electrons. The van der Waals surface area contributed by atoms with Gasteiger partial charge in [0.1, 0.15) is 11.9 Å². The first-order chi connectivity index (χ1) is 10.2. The Morgan fingerprint density at radius 1 is 1.18 bits per heavy atom. The van der Waals surface area contributed by atoms with Crippen molar-refractivity contribution in [1.82, 2.24) is 15.1 Å². The van der Waals surface area contributed by atoms with Gasteiger partial charge in [0.25, 0.3) is 0 Å². The minimum Gasteiger partial charge on any atom is -0.347 e. The zero-order valence-corrected chi connectivity index (χ0v) is 13.8. The second kappa shape index (κ2) is 7.89. The molecule has 0 radical (unpaired) electrons. The Morgan fingerprint density at radius 2 is 1.77 bits per heavy atom. The number of hydrogen-bond donors (Lipinski definition) is 1. The number of benzene rings is 1. The molecule has 1 rings (SSSR count). The molecule has 0 aliphatic carbocycles. The first-order valence-corrected chi connectivity index (χ1v) is 7.19. The van der Waals surface area contributed by atoms with E-state index in [1.165, 1.54) is 11.0 Å². The average Bonchev–Trinajstić information content (AvgIpc) is 2.45. The van der Waals surface area contributed by atoms with Crippen molar-refractivity contribution in [2.45, 2.75) is 25.9 Å². The van der Waals surface area contributed by atoms with Crippen LogP contribution in [0.5, 0.6) is 0 Å². The number of amides is 2. The molecule has 0 aromatic heterocycles. The Balaban J connectivity index is 2.61. The molecule has 5 nitrogen and oxygen atoms in total. The van der Waals surface area contributed by atoms with E-state index in [0.717, 1.165) is 0 Å². The zero-order chi connectivity index (χ0) is 16.9. The van der Waals surface area contributed by atoms with Crippen molar-refractivity contribution >= 4 is 11.8 Å². The van der Waals surface area contributed by atoms with Crippen LogP contribution in [-0.2, 0) is 9.59 Å². The van der Waals surface area contributed by atoms with Crippen LogP contribution in [0.15, 0.2) is 24.3 Å². The normalized spacial score (nSPS) is 13.6. The van der Waals surface area contributed by atoms with Crippen LogP contribution in [0.25, 0.3) is 0 Å². The third-order valence-corrected chi connectivity index (χ3v) is 3.60. The van der Waals surface area contributed by atoms with Crippen LogP contribution in [0.2, 0.25) is 0 Å². The standard InChI is InChI=1S/C16H24FN3O2/c1-11(16(22)19(3)4)18-15(21)10-20(5)12(2)13-8-6-7-9-14(13)17/h6-9,11-12H,10H2,1-5H3,(H,18,21). The van der Waals surface area contributed by atoms with Gasteiger partial charge in [0.15, 0.2) is 0 Å². The highest BCUT2D eigenvalue weighted by Crippen LogP contribution is 2.20. The molecule has 0 spiro atoms. The number of hydrogen-bond acceptors (Lipinski definition) is 3. The summed E-state index contributed by atoms with van der Waals surface area (Å²) in [6.07, 6.45) is 0. The molecule has 6 heteroatoms. The number of carbonyl (C=O) groups is 2. The second-order valence-corrected chi connectivity index (χ2v) is 5.63. The first-order valence-electron chi connectivity index (χ1n) is 7.19. The first kappa shape index (κ1) is 18.1. The molecule has 0 heterocycles. The second-order valence-electron chi connectivity index (χ2n) is 5.63. The van der Waals surface area contributed by atoms with Crippen molar-refractivity contribution in [3.05, 3.63) is 35.6 Å². The Hall–Kier alpha value is -1.95. The summed E-state index contributed by atoms with van der Waals surface area (Å²) in [7, 11) is 5.02. The lowest BCUT2D eigenvalue weighted by atomic mass is 10.1. The Labute approximate surface area is 131 Å². The van der Waals surface area contributed by atoms with Gasteiger partial charge in [-0.1, -0.05) is 18.2 Å². The minimum atomic E-state index is -0.584. The molecule has 2 unspecified atom stereocenters. The Morgan fingerprint density at radius 3 is 2.32 bits per heavy atom. The van der Waals surface area contributed by atoms with Gasteiger partial charge >= 0.3 is 0 Å². The maximum Gasteiger partial charge on any atom is 0.244 e. The monoisotopic (exact) mass is 309 g/mol. The highest BCUT2D eigenvalue weighted by Gasteiger charge is 2.21. The van der Waals surface area contributed by atoms with Gasteiger partial charge in [0.2, 0.25) is 11.8 Å². The van der Waals surface area contributed by atoms with Gasteiger partial charge in [-0.25, -0.2) is 4.39 Å².